The number of esters is 1. The smallest absolute Gasteiger partial charge is 0.325 e. The monoisotopic (exact) mass is 302 g/mol. The van der Waals surface area contributed by atoms with E-state index in [2.05, 4.69) is 4.74 Å². The summed E-state index contributed by atoms with van der Waals surface area (Å²) in [5.74, 6) is -0.561. The number of benzene rings is 1. The number of nitro groups is 1. The molecule has 0 fully saturated rings. The summed E-state index contributed by atoms with van der Waals surface area (Å²) >= 11 is 0. The van der Waals surface area contributed by atoms with Crippen LogP contribution in [0.15, 0.2) is 23.1 Å². The molecule has 1 rings (SSSR count). The fourth-order valence-electron chi connectivity index (χ4n) is 1.55. The molecule has 0 amide bonds. The first-order valence-corrected chi connectivity index (χ1v) is 7.32. The van der Waals surface area contributed by atoms with Crippen molar-refractivity contribution in [2.24, 2.45) is 0 Å². The molecule has 0 aromatic heterocycles. The molecule has 0 atom stereocenters. The molecule has 1 aromatic rings. The van der Waals surface area contributed by atoms with Crippen LogP contribution in [0.1, 0.15) is 0 Å². The number of sulfone groups is 1. The molecule has 0 heterocycles. The molecule has 0 bridgehead atoms. The second-order valence-electron chi connectivity index (χ2n) is 4.11. The van der Waals surface area contributed by atoms with Gasteiger partial charge in [-0.25, -0.2) is 8.42 Å². The van der Waals surface area contributed by atoms with E-state index in [-0.39, 0.29) is 22.8 Å². The normalized spacial score (nSPS) is 10.9. The van der Waals surface area contributed by atoms with Crippen LogP contribution < -0.4 is 4.90 Å². The third-order valence-electron chi connectivity index (χ3n) is 2.58. The minimum absolute atomic E-state index is 0.132. The number of carbonyl (C=O) groups excluding carboxylic acids is 1. The average molecular weight is 302 g/mol. The lowest BCUT2D eigenvalue weighted by molar-refractivity contribution is -0.384. The van der Waals surface area contributed by atoms with Gasteiger partial charge in [0.2, 0.25) is 0 Å². The third-order valence-corrected chi connectivity index (χ3v) is 3.69. The predicted octanol–water partition coefficient (Wildman–Crippen LogP) is 0.607. The first-order chi connectivity index (χ1) is 9.16. The summed E-state index contributed by atoms with van der Waals surface area (Å²) in [6.45, 7) is -0.185. The van der Waals surface area contributed by atoms with Crippen LogP contribution in [-0.4, -0.2) is 46.3 Å². The number of anilines is 1. The van der Waals surface area contributed by atoms with Crippen LogP contribution >= 0.6 is 0 Å². The third kappa shape index (κ3) is 3.67. The van der Waals surface area contributed by atoms with E-state index in [0.29, 0.717) is 0 Å². The zero-order valence-electron chi connectivity index (χ0n) is 11.2. The van der Waals surface area contributed by atoms with E-state index in [1.807, 2.05) is 0 Å². The van der Waals surface area contributed by atoms with E-state index in [9.17, 15) is 23.3 Å². The molecular formula is C11H14N2O6S. The van der Waals surface area contributed by atoms with Gasteiger partial charge in [-0.2, -0.15) is 0 Å². The standard InChI is InChI=1S/C11H14N2O6S/c1-12(7-11(14)19-2)9-5-4-8(20(3,17)18)6-10(9)13(15)16/h4-6H,7H2,1-3H3. The highest BCUT2D eigenvalue weighted by atomic mass is 32.2. The van der Waals surface area contributed by atoms with Gasteiger partial charge in [0.1, 0.15) is 12.2 Å². The van der Waals surface area contributed by atoms with E-state index in [1.54, 1.807) is 0 Å². The van der Waals surface area contributed by atoms with Crippen LogP contribution in [0.2, 0.25) is 0 Å². The lowest BCUT2D eigenvalue weighted by Crippen LogP contribution is -2.27. The largest absolute Gasteiger partial charge is 0.468 e. The van der Waals surface area contributed by atoms with Gasteiger partial charge in [0, 0.05) is 19.4 Å². The predicted molar refractivity (Wildman–Crippen MR) is 71.5 cm³/mol. The number of rotatable bonds is 5. The molecule has 0 aliphatic rings. The summed E-state index contributed by atoms with van der Waals surface area (Å²) in [6.07, 6.45) is 0.962. The highest BCUT2D eigenvalue weighted by molar-refractivity contribution is 7.90. The number of likely N-dealkylation sites (N-methyl/N-ethyl adjacent to an activating group) is 1. The van der Waals surface area contributed by atoms with Gasteiger partial charge in [0.25, 0.3) is 5.69 Å². The number of nitro benzene ring substituents is 1. The molecule has 8 nitrogen and oxygen atoms in total. The Labute approximate surface area is 116 Å². The van der Waals surface area contributed by atoms with Crippen molar-refractivity contribution in [3.8, 4) is 0 Å². The molecule has 9 heteroatoms. The molecule has 0 unspecified atom stereocenters. The van der Waals surface area contributed by atoms with Gasteiger partial charge in [-0.3, -0.25) is 14.9 Å². The minimum Gasteiger partial charge on any atom is -0.468 e. The molecule has 0 radical (unpaired) electrons. The van der Waals surface area contributed by atoms with Crippen LogP contribution in [-0.2, 0) is 19.4 Å². The van der Waals surface area contributed by atoms with E-state index in [4.69, 9.17) is 0 Å². The molecule has 0 saturated heterocycles. The summed E-state index contributed by atoms with van der Waals surface area (Å²) in [5.41, 5.74) is -0.257. The van der Waals surface area contributed by atoms with E-state index in [1.165, 1.54) is 31.2 Å². The molecular weight excluding hydrogens is 288 g/mol. The highest BCUT2D eigenvalue weighted by Gasteiger charge is 2.22. The second-order valence-corrected chi connectivity index (χ2v) is 6.13. The Kier molecular flexibility index (Phi) is 4.66. The van der Waals surface area contributed by atoms with Crippen LogP contribution in [0, 0.1) is 10.1 Å². The second kappa shape index (κ2) is 5.87. The Hall–Kier alpha value is -2.16. The van der Waals surface area contributed by atoms with E-state index >= 15 is 0 Å². The Balaban J connectivity index is 3.27. The van der Waals surface area contributed by atoms with Crippen LogP contribution in [0.5, 0.6) is 0 Å². The zero-order chi connectivity index (χ0) is 15.5. The summed E-state index contributed by atoms with van der Waals surface area (Å²) in [5, 5.41) is 11.0. The maximum Gasteiger partial charge on any atom is 0.325 e. The van der Waals surface area contributed by atoms with Gasteiger partial charge >= 0.3 is 5.97 Å². The highest BCUT2D eigenvalue weighted by Crippen LogP contribution is 2.30. The molecule has 20 heavy (non-hydrogen) atoms. The first kappa shape index (κ1) is 15.9. The van der Waals surface area contributed by atoms with Crippen LogP contribution in [0.25, 0.3) is 0 Å². The van der Waals surface area contributed by atoms with Crippen molar-refractivity contribution < 1.29 is 22.9 Å². The molecule has 0 aliphatic heterocycles. The molecule has 0 aliphatic carbocycles. The average Bonchev–Trinajstić information content (AvgIpc) is 2.36. The van der Waals surface area contributed by atoms with Crippen LogP contribution in [0.4, 0.5) is 11.4 Å². The van der Waals surface area contributed by atoms with E-state index < -0.39 is 20.7 Å². The van der Waals surface area contributed by atoms with Gasteiger partial charge in [0.15, 0.2) is 9.84 Å². The topological polar surface area (TPSA) is 107 Å². The minimum atomic E-state index is -3.54. The van der Waals surface area contributed by atoms with Crippen molar-refractivity contribution >= 4 is 27.2 Å². The molecule has 0 spiro atoms. The lowest BCUT2D eigenvalue weighted by atomic mass is 10.2. The van der Waals surface area contributed by atoms with Gasteiger partial charge in [0.05, 0.1) is 16.9 Å². The van der Waals surface area contributed by atoms with Crippen LogP contribution in [0.3, 0.4) is 0 Å². The Morgan fingerprint density at radius 3 is 2.50 bits per heavy atom. The Morgan fingerprint density at radius 2 is 2.05 bits per heavy atom. The maximum atomic E-state index is 11.4. The number of methoxy groups -OCH3 is 1. The fraction of sp³-hybridized carbons (Fsp3) is 0.364. The number of ether oxygens (including phenoxy) is 1. The number of hydrogen-bond acceptors (Lipinski definition) is 7. The van der Waals surface area contributed by atoms with Crippen molar-refractivity contribution in [1.29, 1.82) is 0 Å². The lowest BCUT2D eigenvalue weighted by Gasteiger charge is -2.17. The van der Waals surface area contributed by atoms with Gasteiger partial charge in [-0.1, -0.05) is 0 Å². The van der Waals surface area contributed by atoms with Crippen molar-refractivity contribution in [1.82, 2.24) is 0 Å². The fourth-order valence-corrected chi connectivity index (χ4v) is 2.19. The molecule has 0 saturated carbocycles. The van der Waals surface area contributed by atoms with Gasteiger partial charge < -0.3 is 9.64 Å². The number of nitrogens with zero attached hydrogens (tertiary/aromatic N) is 2. The van der Waals surface area contributed by atoms with E-state index in [0.717, 1.165) is 12.3 Å². The zero-order valence-corrected chi connectivity index (χ0v) is 12.0. The van der Waals surface area contributed by atoms with Gasteiger partial charge in [-0.05, 0) is 12.1 Å². The molecule has 0 N–H and O–H groups in total. The molecule has 110 valence electrons. The summed E-state index contributed by atoms with van der Waals surface area (Å²) in [4.78, 5) is 22.7. The number of hydrogen-bond donors (Lipinski definition) is 0. The summed E-state index contributed by atoms with van der Waals surface area (Å²) in [6, 6.07) is 3.52. The first-order valence-electron chi connectivity index (χ1n) is 5.43. The number of carbonyl (C=O) groups is 1. The maximum absolute atomic E-state index is 11.4. The Bertz CT molecular complexity index is 640. The van der Waals surface area contributed by atoms with Crippen molar-refractivity contribution in [2.45, 2.75) is 4.90 Å². The SMILES string of the molecule is COC(=O)CN(C)c1ccc(S(C)(=O)=O)cc1[N+](=O)[O-]. The van der Waals surface area contributed by atoms with Crippen molar-refractivity contribution in [3.05, 3.63) is 28.3 Å². The quantitative estimate of drug-likeness (QED) is 0.445. The Morgan fingerprint density at radius 1 is 1.45 bits per heavy atom. The van der Waals surface area contributed by atoms with Crippen molar-refractivity contribution in [3.63, 3.8) is 0 Å². The summed E-state index contributed by atoms with van der Waals surface area (Å²) in [7, 11) is -0.866. The molecule has 1 aromatic carbocycles. The summed E-state index contributed by atoms with van der Waals surface area (Å²) < 4.78 is 27.3. The van der Waals surface area contributed by atoms with Crippen molar-refractivity contribution in [2.75, 3.05) is 31.9 Å². The van der Waals surface area contributed by atoms with Gasteiger partial charge in [-0.15, -0.1) is 0 Å².